The minimum atomic E-state index is -0.354. The lowest BCUT2D eigenvalue weighted by Gasteiger charge is -2.36. The molecule has 0 atom stereocenters. The van der Waals surface area contributed by atoms with Crippen LogP contribution in [0.1, 0.15) is 26.3 Å². The third-order valence-corrected chi connectivity index (χ3v) is 4.73. The molecule has 0 unspecified atom stereocenters. The van der Waals surface area contributed by atoms with Crippen LogP contribution in [0.4, 0.5) is 0 Å². The summed E-state index contributed by atoms with van der Waals surface area (Å²) in [5.74, 6) is 0.978. The lowest BCUT2D eigenvalue weighted by molar-refractivity contribution is -0.128. The number of guanidine groups is 1. The predicted molar refractivity (Wildman–Crippen MR) is 133 cm³/mol. The number of benzene rings is 1. The van der Waals surface area contributed by atoms with Crippen molar-refractivity contribution in [1.82, 2.24) is 20.4 Å². The van der Waals surface area contributed by atoms with Gasteiger partial charge >= 0.3 is 0 Å². The first-order valence-electron chi connectivity index (χ1n) is 10.1. The van der Waals surface area contributed by atoms with Gasteiger partial charge in [-0.25, -0.2) is 0 Å². The van der Waals surface area contributed by atoms with Crippen LogP contribution in [0.5, 0.6) is 0 Å². The molecule has 0 saturated carbocycles. The van der Waals surface area contributed by atoms with Gasteiger partial charge < -0.3 is 15.5 Å². The molecule has 0 spiro atoms. The summed E-state index contributed by atoms with van der Waals surface area (Å²) in [7, 11) is 1.81. The Hall–Kier alpha value is -1.61. The third kappa shape index (κ3) is 9.16. The van der Waals surface area contributed by atoms with Crippen LogP contribution in [-0.2, 0) is 4.79 Å². The number of hydrogen-bond donors (Lipinski definition) is 2. The summed E-state index contributed by atoms with van der Waals surface area (Å²) in [6, 6.07) is 10.4. The maximum Gasteiger partial charge on any atom is 0.225 e. The van der Waals surface area contributed by atoms with Crippen LogP contribution in [0, 0.1) is 5.41 Å². The molecule has 1 aromatic rings. The molecule has 6 nitrogen and oxygen atoms in total. The monoisotopic (exact) mass is 513 g/mol. The fraction of sp³-hybridized carbons (Fsp3) is 0.545. The van der Waals surface area contributed by atoms with Crippen molar-refractivity contribution in [3.8, 4) is 0 Å². The second-order valence-electron chi connectivity index (χ2n) is 8.08. The predicted octanol–water partition coefficient (Wildman–Crippen LogP) is 2.67. The Morgan fingerprint density at radius 1 is 1.07 bits per heavy atom. The van der Waals surface area contributed by atoms with Crippen LogP contribution < -0.4 is 10.6 Å². The zero-order valence-corrected chi connectivity index (χ0v) is 20.5. The van der Waals surface area contributed by atoms with E-state index in [1.165, 1.54) is 5.56 Å². The largest absolute Gasteiger partial charge is 0.354 e. The van der Waals surface area contributed by atoms with Crippen LogP contribution in [0.2, 0.25) is 0 Å². The van der Waals surface area contributed by atoms with Crippen molar-refractivity contribution in [3.05, 3.63) is 42.0 Å². The van der Waals surface area contributed by atoms with Gasteiger partial charge in [0, 0.05) is 58.3 Å². The molecule has 0 radical (unpaired) electrons. The lowest BCUT2D eigenvalue weighted by Crippen LogP contribution is -2.53. The number of amides is 1. The maximum absolute atomic E-state index is 11.9. The number of carbonyl (C=O) groups excluding carboxylic acids is 1. The Labute approximate surface area is 192 Å². The lowest BCUT2D eigenvalue weighted by atomic mass is 9.96. The van der Waals surface area contributed by atoms with Crippen molar-refractivity contribution in [2.75, 3.05) is 52.9 Å². The van der Waals surface area contributed by atoms with E-state index in [1.54, 1.807) is 0 Å². The molecule has 2 rings (SSSR count). The van der Waals surface area contributed by atoms with Crippen LogP contribution in [0.3, 0.4) is 0 Å². The van der Waals surface area contributed by atoms with Crippen molar-refractivity contribution < 1.29 is 4.79 Å². The fourth-order valence-corrected chi connectivity index (χ4v) is 2.99. The molecular weight excluding hydrogens is 477 g/mol. The highest BCUT2D eigenvalue weighted by molar-refractivity contribution is 14.0. The van der Waals surface area contributed by atoms with E-state index < -0.39 is 0 Å². The first-order valence-corrected chi connectivity index (χ1v) is 10.1. The van der Waals surface area contributed by atoms with Gasteiger partial charge in [-0.05, 0) is 5.56 Å². The Morgan fingerprint density at radius 3 is 2.28 bits per heavy atom. The molecule has 1 aromatic carbocycles. The quantitative estimate of drug-likeness (QED) is 0.266. The van der Waals surface area contributed by atoms with Crippen LogP contribution in [0.15, 0.2) is 41.4 Å². The van der Waals surface area contributed by atoms with Crippen LogP contribution in [-0.4, -0.2) is 74.5 Å². The summed E-state index contributed by atoms with van der Waals surface area (Å²) in [5, 5.41) is 6.31. The number of nitrogens with one attached hydrogen (secondary N) is 2. The summed E-state index contributed by atoms with van der Waals surface area (Å²) in [6.45, 7) is 11.9. The molecule has 0 aromatic heterocycles. The number of piperazine rings is 1. The van der Waals surface area contributed by atoms with Crippen LogP contribution >= 0.6 is 24.0 Å². The van der Waals surface area contributed by atoms with E-state index in [4.69, 9.17) is 0 Å². The number of carbonyl (C=O) groups is 1. The number of rotatable bonds is 6. The van der Waals surface area contributed by atoms with Gasteiger partial charge in [0.15, 0.2) is 5.96 Å². The molecule has 1 saturated heterocycles. The van der Waals surface area contributed by atoms with E-state index in [0.717, 1.165) is 38.7 Å². The molecule has 162 valence electrons. The molecule has 1 aliphatic rings. The first kappa shape index (κ1) is 25.4. The number of nitrogens with zero attached hydrogens (tertiary/aromatic N) is 3. The first-order chi connectivity index (χ1) is 13.4. The fourth-order valence-electron chi connectivity index (χ4n) is 2.99. The number of aliphatic imine (C=N–C) groups is 1. The van der Waals surface area contributed by atoms with E-state index in [1.807, 2.05) is 33.9 Å². The zero-order chi connectivity index (χ0) is 20.4. The minimum absolute atomic E-state index is 0. The average Bonchev–Trinajstić information content (AvgIpc) is 2.69. The molecule has 7 heteroatoms. The van der Waals surface area contributed by atoms with E-state index >= 15 is 0 Å². The van der Waals surface area contributed by atoms with Gasteiger partial charge in [0.2, 0.25) is 5.91 Å². The Kier molecular flexibility index (Phi) is 11.3. The third-order valence-electron chi connectivity index (χ3n) is 4.73. The second kappa shape index (κ2) is 12.8. The summed E-state index contributed by atoms with van der Waals surface area (Å²) < 4.78 is 0. The maximum atomic E-state index is 11.9. The number of halogens is 1. The summed E-state index contributed by atoms with van der Waals surface area (Å²) in [4.78, 5) is 21.0. The highest BCUT2D eigenvalue weighted by Gasteiger charge is 2.21. The Bertz CT molecular complexity index is 662. The normalized spacial score (nSPS) is 15.9. The highest BCUT2D eigenvalue weighted by atomic mass is 127. The van der Waals surface area contributed by atoms with E-state index in [-0.39, 0.29) is 35.3 Å². The SMILES string of the molecule is CN=C(NCCNC(=O)C(C)(C)C)N1CCN(C/C=C/c2ccccc2)CC1.I. The van der Waals surface area contributed by atoms with Gasteiger partial charge in [0.25, 0.3) is 0 Å². The standard InChI is InChI=1S/C22H35N5O.HI/c1-22(2,3)20(28)24-12-13-25-21(23-4)27-17-15-26(16-18-27)14-8-11-19-9-6-5-7-10-19;/h5-11H,12-18H2,1-4H3,(H,23,25)(H,24,28);1H/b11-8+;. The molecule has 2 N–H and O–H groups in total. The van der Waals surface area contributed by atoms with Crippen molar-refractivity contribution in [2.45, 2.75) is 20.8 Å². The van der Waals surface area contributed by atoms with Gasteiger partial charge in [0.1, 0.15) is 0 Å². The van der Waals surface area contributed by atoms with Crippen molar-refractivity contribution in [3.63, 3.8) is 0 Å². The smallest absolute Gasteiger partial charge is 0.225 e. The number of hydrogen-bond acceptors (Lipinski definition) is 3. The molecule has 0 aliphatic carbocycles. The zero-order valence-electron chi connectivity index (χ0n) is 18.1. The van der Waals surface area contributed by atoms with Gasteiger partial charge in [-0.1, -0.05) is 63.3 Å². The van der Waals surface area contributed by atoms with Crippen molar-refractivity contribution in [2.24, 2.45) is 10.4 Å². The van der Waals surface area contributed by atoms with Gasteiger partial charge in [-0.15, -0.1) is 24.0 Å². The molecule has 0 bridgehead atoms. The highest BCUT2D eigenvalue weighted by Crippen LogP contribution is 2.11. The second-order valence-corrected chi connectivity index (χ2v) is 8.08. The van der Waals surface area contributed by atoms with E-state index in [9.17, 15) is 4.79 Å². The Balaban J connectivity index is 0.00000420. The summed E-state index contributed by atoms with van der Waals surface area (Å²) >= 11 is 0. The molecule has 1 fully saturated rings. The molecule has 1 amide bonds. The average molecular weight is 513 g/mol. The van der Waals surface area contributed by atoms with Gasteiger partial charge in [-0.2, -0.15) is 0 Å². The van der Waals surface area contributed by atoms with Crippen molar-refractivity contribution in [1.29, 1.82) is 0 Å². The molecular formula is C22H36IN5O. The minimum Gasteiger partial charge on any atom is -0.354 e. The van der Waals surface area contributed by atoms with Gasteiger partial charge in [-0.3, -0.25) is 14.7 Å². The molecule has 29 heavy (non-hydrogen) atoms. The van der Waals surface area contributed by atoms with Crippen molar-refractivity contribution >= 4 is 41.9 Å². The van der Waals surface area contributed by atoms with E-state index in [2.05, 4.69) is 61.8 Å². The molecule has 1 aliphatic heterocycles. The summed E-state index contributed by atoms with van der Waals surface area (Å²) in [5.41, 5.74) is 0.886. The van der Waals surface area contributed by atoms with Gasteiger partial charge in [0.05, 0.1) is 0 Å². The van der Waals surface area contributed by atoms with E-state index in [0.29, 0.717) is 13.1 Å². The molecule has 1 heterocycles. The topological polar surface area (TPSA) is 60.0 Å². The Morgan fingerprint density at radius 2 is 1.69 bits per heavy atom. The summed E-state index contributed by atoms with van der Waals surface area (Å²) in [6.07, 6.45) is 4.41. The van der Waals surface area contributed by atoms with Crippen LogP contribution in [0.25, 0.3) is 6.08 Å².